The number of aromatic nitrogens is 5. The third-order valence-electron chi connectivity index (χ3n) is 9.69. The summed E-state index contributed by atoms with van der Waals surface area (Å²) in [6.45, 7) is 10.5. The Hall–Kier alpha value is -2.45. The second-order valence-corrected chi connectivity index (χ2v) is 11.9. The minimum atomic E-state index is -0.0367. The Bertz CT molecular complexity index is 1280. The molecule has 1 saturated carbocycles. The zero-order valence-corrected chi connectivity index (χ0v) is 22.1. The molecule has 4 aliphatic heterocycles. The van der Waals surface area contributed by atoms with Crippen molar-refractivity contribution in [2.45, 2.75) is 89.4 Å². The van der Waals surface area contributed by atoms with Crippen LogP contribution in [0.25, 0.3) is 11.0 Å². The van der Waals surface area contributed by atoms with E-state index < -0.39 is 0 Å². The number of nitrogens with zero attached hydrogens (tertiary/aromatic N) is 7. The second-order valence-electron chi connectivity index (χ2n) is 11.9. The fraction of sp³-hybridized carbons (Fsp3) is 0.679. The van der Waals surface area contributed by atoms with Crippen LogP contribution in [0.2, 0.25) is 0 Å². The topological polar surface area (TPSA) is 64.2 Å². The highest BCUT2D eigenvalue weighted by atomic mass is 16.5. The van der Waals surface area contributed by atoms with E-state index in [0.29, 0.717) is 5.54 Å². The minimum absolute atomic E-state index is 0.0367. The van der Waals surface area contributed by atoms with Gasteiger partial charge in [0.05, 0.1) is 41.7 Å². The number of hydrogen-bond acceptors (Lipinski definition) is 6. The summed E-state index contributed by atoms with van der Waals surface area (Å²) in [5.41, 5.74) is 7.45. The number of anilines is 1. The molecule has 3 aromatic heterocycles. The van der Waals surface area contributed by atoms with Crippen LogP contribution in [-0.2, 0) is 31.3 Å². The number of aryl methyl sites for hydroxylation is 3. The van der Waals surface area contributed by atoms with Gasteiger partial charge in [0.25, 0.3) is 0 Å². The zero-order chi connectivity index (χ0) is 24.5. The summed E-state index contributed by atoms with van der Waals surface area (Å²) in [6.07, 6.45) is 12.0. The van der Waals surface area contributed by atoms with Gasteiger partial charge in [0.1, 0.15) is 0 Å². The molecule has 0 unspecified atom stereocenters. The molecule has 3 saturated heterocycles. The van der Waals surface area contributed by atoms with Crippen molar-refractivity contribution in [2.24, 2.45) is 7.05 Å². The summed E-state index contributed by atoms with van der Waals surface area (Å²) >= 11 is 0. The molecule has 3 aromatic rings. The van der Waals surface area contributed by atoms with Crippen molar-refractivity contribution in [3.05, 3.63) is 34.9 Å². The molecular formula is C28H39N7O. The molecule has 1 aliphatic carbocycles. The fourth-order valence-electron chi connectivity index (χ4n) is 7.48. The Labute approximate surface area is 213 Å². The van der Waals surface area contributed by atoms with Crippen LogP contribution >= 0.6 is 0 Å². The van der Waals surface area contributed by atoms with Crippen molar-refractivity contribution in [3.8, 4) is 0 Å². The van der Waals surface area contributed by atoms with Crippen molar-refractivity contribution < 1.29 is 4.74 Å². The highest BCUT2D eigenvalue weighted by Crippen LogP contribution is 2.48. The molecule has 8 nitrogen and oxygen atoms in total. The fourth-order valence-corrected chi connectivity index (χ4v) is 7.48. The van der Waals surface area contributed by atoms with Gasteiger partial charge in [-0.2, -0.15) is 10.2 Å². The van der Waals surface area contributed by atoms with E-state index in [2.05, 4.69) is 39.5 Å². The van der Waals surface area contributed by atoms with Gasteiger partial charge in [0.2, 0.25) is 0 Å². The molecule has 4 fully saturated rings. The average Bonchev–Trinajstić information content (AvgIpc) is 3.43. The predicted molar refractivity (Wildman–Crippen MR) is 140 cm³/mol. The molecule has 0 atom stereocenters. The normalized spacial score (nSPS) is 28.7. The first-order valence-electron chi connectivity index (χ1n) is 13.9. The van der Waals surface area contributed by atoms with Gasteiger partial charge in [-0.25, -0.2) is 4.98 Å². The van der Waals surface area contributed by atoms with Crippen LogP contribution in [0.3, 0.4) is 0 Å². The van der Waals surface area contributed by atoms with Crippen LogP contribution in [-0.4, -0.2) is 66.8 Å². The molecule has 2 bridgehead atoms. The molecular weight excluding hydrogens is 450 g/mol. The van der Waals surface area contributed by atoms with Gasteiger partial charge in [-0.3, -0.25) is 14.3 Å². The lowest BCUT2D eigenvalue weighted by atomic mass is 9.69. The van der Waals surface area contributed by atoms with Crippen molar-refractivity contribution in [1.82, 2.24) is 29.4 Å². The first-order valence-corrected chi connectivity index (χ1v) is 13.9. The molecule has 0 amide bonds. The third-order valence-corrected chi connectivity index (χ3v) is 9.69. The molecule has 36 heavy (non-hydrogen) atoms. The largest absolute Gasteiger partial charge is 0.371 e. The Morgan fingerprint density at radius 3 is 2.58 bits per heavy atom. The maximum atomic E-state index is 6.75. The second kappa shape index (κ2) is 8.28. The first kappa shape index (κ1) is 22.7. The van der Waals surface area contributed by atoms with Gasteiger partial charge in [-0.15, -0.1) is 0 Å². The number of rotatable bonds is 4. The summed E-state index contributed by atoms with van der Waals surface area (Å²) in [4.78, 5) is 9.98. The molecule has 192 valence electrons. The monoisotopic (exact) mass is 489 g/mol. The Balaban J connectivity index is 1.11. The molecule has 0 N–H and O–H groups in total. The molecule has 8 heteroatoms. The number of likely N-dealkylation sites (tertiary alicyclic amines) is 1. The molecule has 0 spiro atoms. The van der Waals surface area contributed by atoms with E-state index in [0.717, 1.165) is 55.1 Å². The lowest BCUT2D eigenvalue weighted by Crippen LogP contribution is -2.64. The maximum Gasteiger partial charge on any atom is 0.159 e. The zero-order valence-electron chi connectivity index (χ0n) is 22.1. The van der Waals surface area contributed by atoms with E-state index in [-0.39, 0.29) is 5.60 Å². The van der Waals surface area contributed by atoms with Crippen molar-refractivity contribution in [3.63, 3.8) is 0 Å². The van der Waals surface area contributed by atoms with E-state index >= 15 is 0 Å². The van der Waals surface area contributed by atoms with Crippen LogP contribution in [0.4, 0.5) is 5.69 Å². The Kier molecular flexibility index (Phi) is 5.23. The molecule has 7 heterocycles. The quantitative estimate of drug-likeness (QED) is 0.554. The van der Waals surface area contributed by atoms with Gasteiger partial charge in [-0.1, -0.05) is 6.42 Å². The standard InChI is InChI=1S/C28H39N7O/c1-20-15-25(22-16-29-32(3)26(22)30-20)33-14-7-24-23(17-33)21(2)31-35(24)18-28-10-8-27(9-11-28,19-36-28)34-12-5-4-6-13-34/h15-16H,4-14,17-19H2,1-3H3. The molecule has 0 radical (unpaired) electrons. The predicted octanol–water partition coefficient (Wildman–Crippen LogP) is 3.91. The first-order chi connectivity index (χ1) is 17.5. The molecule has 8 rings (SSSR count). The average molecular weight is 490 g/mol. The summed E-state index contributed by atoms with van der Waals surface area (Å²) in [7, 11) is 1.97. The van der Waals surface area contributed by atoms with E-state index in [1.807, 2.05) is 17.9 Å². The highest BCUT2D eigenvalue weighted by Gasteiger charge is 2.52. The van der Waals surface area contributed by atoms with Crippen LogP contribution in [0.15, 0.2) is 12.3 Å². The number of hydrogen-bond donors (Lipinski definition) is 0. The van der Waals surface area contributed by atoms with E-state index in [1.165, 1.54) is 75.0 Å². The number of pyridine rings is 1. The summed E-state index contributed by atoms with van der Waals surface area (Å²) < 4.78 is 10.9. The van der Waals surface area contributed by atoms with Crippen molar-refractivity contribution in [1.29, 1.82) is 0 Å². The van der Waals surface area contributed by atoms with Gasteiger partial charge < -0.3 is 9.64 Å². The van der Waals surface area contributed by atoms with Crippen molar-refractivity contribution in [2.75, 3.05) is 31.1 Å². The maximum absolute atomic E-state index is 6.75. The molecule has 5 aliphatic rings. The summed E-state index contributed by atoms with van der Waals surface area (Å²) in [5, 5.41) is 10.7. The van der Waals surface area contributed by atoms with Gasteiger partial charge >= 0.3 is 0 Å². The lowest BCUT2D eigenvalue weighted by Gasteiger charge is -2.58. The van der Waals surface area contributed by atoms with Crippen LogP contribution in [0.5, 0.6) is 0 Å². The minimum Gasteiger partial charge on any atom is -0.371 e. The van der Waals surface area contributed by atoms with E-state index in [9.17, 15) is 0 Å². The van der Waals surface area contributed by atoms with Crippen molar-refractivity contribution >= 4 is 16.7 Å². The van der Waals surface area contributed by atoms with E-state index in [4.69, 9.17) is 14.8 Å². The van der Waals surface area contributed by atoms with Gasteiger partial charge in [0.15, 0.2) is 5.65 Å². The third kappa shape index (κ3) is 3.51. The SMILES string of the molecule is Cc1cc(N2CCc3c(c(C)nn3CC34CCC(N5CCCCC5)(CC3)CO4)C2)c2cnn(C)c2n1. The van der Waals surface area contributed by atoms with Crippen LogP contribution < -0.4 is 4.90 Å². The van der Waals surface area contributed by atoms with Crippen LogP contribution in [0.1, 0.15) is 67.6 Å². The smallest absolute Gasteiger partial charge is 0.159 e. The van der Waals surface area contributed by atoms with Gasteiger partial charge in [0, 0.05) is 49.0 Å². The number of fused-ring (bicyclic) bond motifs is 5. The number of ether oxygens (including phenoxy) is 1. The molecule has 0 aromatic carbocycles. The van der Waals surface area contributed by atoms with Gasteiger partial charge in [-0.05, 0) is 71.5 Å². The highest BCUT2D eigenvalue weighted by molar-refractivity contribution is 5.89. The van der Waals surface area contributed by atoms with Crippen LogP contribution in [0, 0.1) is 13.8 Å². The summed E-state index contributed by atoms with van der Waals surface area (Å²) in [5.74, 6) is 0. The Morgan fingerprint density at radius 2 is 1.83 bits per heavy atom. The number of piperidine rings is 1. The lowest BCUT2D eigenvalue weighted by molar-refractivity contribution is -0.202. The van der Waals surface area contributed by atoms with E-state index in [1.54, 1.807) is 0 Å². The summed E-state index contributed by atoms with van der Waals surface area (Å²) in [6, 6.07) is 2.21. The Morgan fingerprint density at radius 1 is 1.03 bits per heavy atom.